The van der Waals surface area contributed by atoms with E-state index in [1.165, 1.54) is 0 Å². The minimum atomic E-state index is -0.0369. The summed E-state index contributed by atoms with van der Waals surface area (Å²) < 4.78 is 1.85. The van der Waals surface area contributed by atoms with Crippen molar-refractivity contribution in [3.63, 3.8) is 0 Å². The van der Waals surface area contributed by atoms with E-state index < -0.39 is 0 Å². The van der Waals surface area contributed by atoms with Crippen LogP contribution in [0.3, 0.4) is 0 Å². The first-order valence-corrected chi connectivity index (χ1v) is 8.30. The van der Waals surface area contributed by atoms with Gasteiger partial charge in [-0.2, -0.15) is 0 Å². The van der Waals surface area contributed by atoms with Crippen LogP contribution in [0.15, 0.2) is 30.5 Å². The van der Waals surface area contributed by atoms with E-state index in [9.17, 15) is 4.79 Å². The number of hydrogen-bond acceptors (Lipinski definition) is 3. The Morgan fingerprint density at radius 1 is 1.43 bits per heavy atom. The first kappa shape index (κ1) is 16.0. The Hall–Kier alpha value is -1.85. The number of hydrogen-bond donors (Lipinski definition) is 1. The third-order valence-corrected chi connectivity index (χ3v) is 4.56. The fourth-order valence-corrected chi connectivity index (χ4v) is 3.36. The molecule has 1 aliphatic heterocycles. The predicted molar refractivity (Wildman–Crippen MR) is 90.3 cm³/mol. The lowest BCUT2D eigenvalue weighted by Crippen LogP contribution is -2.43. The molecule has 2 aromatic heterocycles. The Morgan fingerprint density at radius 2 is 2.30 bits per heavy atom. The Kier molecular flexibility index (Phi) is 4.98. The molecule has 1 aliphatic rings. The molecule has 2 aromatic rings. The number of nitrogens with zero attached hydrogens (tertiary/aromatic N) is 3. The summed E-state index contributed by atoms with van der Waals surface area (Å²) in [5, 5.41) is 9.55. The number of piperidine rings is 1. The molecule has 0 spiro atoms. The number of rotatable bonds is 4. The highest BCUT2D eigenvalue weighted by molar-refractivity contribution is 6.31. The van der Waals surface area contributed by atoms with E-state index in [0.29, 0.717) is 17.3 Å². The van der Waals surface area contributed by atoms with Gasteiger partial charge in [0.2, 0.25) is 5.91 Å². The van der Waals surface area contributed by atoms with E-state index in [1.807, 2.05) is 33.7 Å². The molecule has 3 heterocycles. The molecule has 1 amide bonds. The van der Waals surface area contributed by atoms with Crippen LogP contribution < -0.4 is 0 Å². The van der Waals surface area contributed by atoms with Gasteiger partial charge in [0, 0.05) is 31.5 Å². The van der Waals surface area contributed by atoms with Gasteiger partial charge in [0.25, 0.3) is 0 Å². The second-order valence-corrected chi connectivity index (χ2v) is 6.10. The molecule has 1 fully saturated rings. The van der Waals surface area contributed by atoms with Gasteiger partial charge >= 0.3 is 0 Å². The van der Waals surface area contributed by atoms with Gasteiger partial charge < -0.3 is 10.0 Å². The van der Waals surface area contributed by atoms with Crippen molar-refractivity contribution in [1.29, 1.82) is 0 Å². The summed E-state index contributed by atoms with van der Waals surface area (Å²) in [6, 6.07) is 5.78. The van der Waals surface area contributed by atoms with Crippen molar-refractivity contribution in [2.24, 2.45) is 0 Å². The Labute approximate surface area is 140 Å². The molecule has 0 saturated carbocycles. The summed E-state index contributed by atoms with van der Waals surface area (Å²) in [6.45, 7) is 0.853. The van der Waals surface area contributed by atoms with Crippen LogP contribution in [0.1, 0.15) is 31.4 Å². The number of aromatic nitrogens is 2. The zero-order valence-electron chi connectivity index (χ0n) is 12.9. The van der Waals surface area contributed by atoms with Crippen LogP contribution in [-0.2, 0) is 4.79 Å². The summed E-state index contributed by atoms with van der Waals surface area (Å²) in [4.78, 5) is 18.6. The Bertz CT molecular complexity index is 724. The molecule has 0 aliphatic carbocycles. The molecular formula is C17H20ClN3O2. The number of amides is 1. The third kappa shape index (κ3) is 3.41. The smallest absolute Gasteiger partial charge is 0.246 e. The number of fused-ring (bicyclic) bond motifs is 1. The minimum absolute atomic E-state index is 0.0369. The number of halogens is 1. The molecule has 23 heavy (non-hydrogen) atoms. The lowest BCUT2D eigenvalue weighted by atomic mass is 9.99. The van der Waals surface area contributed by atoms with Gasteiger partial charge in [-0.15, -0.1) is 0 Å². The van der Waals surface area contributed by atoms with Crippen molar-refractivity contribution in [1.82, 2.24) is 14.3 Å². The van der Waals surface area contributed by atoms with E-state index in [1.54, 1.807) is 12.2 Å². The van der Waals surface area contributed by atoms with Gasteiger partial charge in [-0.25, -0.2) is 4.98 Å². The number of aliphatic hydroxyl groups is 1. The monoisotopic (exact) mass is 333 g/mol. The number of carbonyl (C=O) groups is 1. The lowest BCUT2D eigenvalue weighted by Gasteiger charge is -2.34. The summed E-state index contributed by atoms with van der Waals surface area (Å²) in [5.41, 5.74) is 1.45. The number of imidazole rings is 1. The third-order valence-electron chi connectivity index (χ3n) is 4.28. The molecule has 0 radical (unpaired) electrons. The topological polar surface area (TPSA) is 57.8 Å². The van der Waals surface area contributed by atoms with Crippen molar-refractivity contribution < 1.29 is 9.90 Å². The molecule has 1 unspecified atom stereocenters. The first-order chi connectivity index (χ1) is 11.2. The van der Waals surface area contributed by atoms with Crippen molar-refractivity contribution in [2.75, 3.05) is 13.2 Å². The molecule has 1 N–H and O–H groups in total. The van der Waals surface area contributed by atoms with Crippen molar-refractivity contribution in [3.05, 3.63) is 41.3 Å². The number of aliphatic hydroxyl groups excluding tert-OH is 1. The minimum Gasteiger partial charge on any atom is -0.396 e. The van der Waals surface area contributed by atoms with Crippen LogP contribution in [0.4, 0.5) is 0 Å². The van der Waals surface area contributed by atoms with Crippen LogP contribution in [0.2, 0.25) is 5.15 Å². The summed E-state index contributed by atoms with van der Waals surface area (Å²) in [6.07, 6.45) is 8.85. The molecule has 1 atom stereocenters. The van der Waals surface area contributed by atoms with Gasteiger partial charge in [0.15, 0.2) is 5.15 Å². The Balaban J connectivity index is 1.80. The molecule has 5 nitrogen and oxygen atoms in total. The normalized spacial score (nSPS) is 18.9. The number of carbonyl (C=O) groups excluding carboxylic acids is 1. The summed E-state index contributed by atoms with van der Waals surface area (Å²) in [7, 11) is 0. The Morgan fingerprint density at radius 3 is 3.13 bits per heavy atom. The molecule has 0 bridgehead atoms. The molecule has 1 saturated heterocycles. The van der Waals surface area contributed by atoms with Gasteiger partial charge in [-0.1, -0.05) is 17.7 Å². The van der Waals surface area contributed by atoms with E-state index in [-0.39, 0.29) is 18.6 Å². The van der Waals surface area contributed by atoms with Crippen LogP contribution in [0, 0.1) is 0 Å². The molecule has 0 aromatic carbocycles. The summed E-state index contributed by atoms with van der Waals surface area (Å²) in [5.74, 6) is -0.0369. The van der Waals surface area contributed by atoms with Crippen LogP contribution in [-0.4, -0.2) is 44.5 Å². The lowest BCUT2D eigenvalue weighted by molar-refractivity contribution is -0.129. The van der Waals surface area contributed by atoms with Crippen molar-refractivity contribution in [3.8, 4) is 0 Å². The number of likely N-dealkylation sites (tertiary alicyclic amines) is 1. The van der Waals surface area contributed by atoms with Crippen molar-refractivity contribution in [2.45, 2.75) is 31.7 Å². The number of pyridine rings is 1. The van der Waals surface area contributed by atoms with Crippen LogP contribution >= 0.6 is 11.6 Å². The molecule has 122 valence electrons. The molecule has 3 rings (SSSR count). The second-order valence-electron chi connectivity index (χ2n) is 5.74. The van der Waals surface area contributed by atoms with E-state index in [4.69, 9.17) is 16.7 Å². The van der Waals surface area contributed by atoms with Gasteiger partial charge in [-0.3, -0.25) is 9.20 Å². The van der Waals surface area contributed by atoms with Crippen LogP contribution in [0.25, 0.3) is 11.7 Å². The zero-order valence-corrected chi connectivity index (χ0v) is 13.6. The van der Waals surface area contributed by atoms with E-state index in [0.717, 1.165) is 31.5 Å². The standard InChI is InChI=1S/C17H20ClN3O2/c18-17-14(21-11-4-2-6-15(21)19-17)7-8-16(23)20-10-3-1-5-13(20)9-12-22/h2,4,6-8,11,13,22H,1,3,5,9-10,12H2/b8-7+. The maximum absolute atomic E-state index is 12.5. The largest absolute Gasteiger partial charge is 0.396 e. The van der Waals surface area contributed by atoms with Gasteiger partial charge in [0.1, 0.15) is 5.65 Å². The van der Waals surface area contributed by atoms with E-state index >= 15 is 0 Å². The quantitative estimate of drug-likeness (QED) is 0.875. The molecular weight excluding hydrogens is 314 g/mol. The van der Waals surface area contributed by atoms with E-state index in [2.05, 4.69) is 4.98 Å². The van der Waals surface area contributed by atoms with Gasteiger partial charge in [0.05, 0.1) is 5.69 Å². The highest BCUT2D eigenvalue weighted by atomic mass is 35.5. The second kappa shape index (κ2) is 7.15. The maximum Gasteiger partial charge on any atom is 0.246 e. The summed E-state index contributed by atoms with van der Waals surface area (Å²) >= 11 is 6.17. The van der Waals surface area contributed by atoms with Crippen LogP contribution in [0.5, 0.6) is 0 Å². The fourth-order valence-electron chi connectivity index (χ4n) is 3.12. The van der Waals surface area contributed by atoms with Gasteiger partial charge in [-0.05, 0) is 43.9 Å². The van der Waals surface area contributed by atoms with Crippen molar-refractivity contribution >= 4 is 29.2 Å². The first-order valence-electron chi connectivity index (χ1n) is 7.93. The molecule has 6 heteroatoms. The highest BCUT2D eigenvalue weighted by Gasteiger charge is 2.24. The average Bonchev–Trinajstić information content (AvgIpc) is 2.89. The maximum atomic E-state index is 12.5. The predicted octanol–water partition coefficient (Wildman–Crippen LogP) is 2.76. The highest BCUT2D eigenvalue weighted by Crippen LogP contribution is 2.22. The fraction of sp³-hybridized carbons (Fsp3) is 0.412. The zero-order chi connectivity index (χ0) is 16.2. The SMILES string of the molecule is O=C(/C=C/c1c(Cl)nc2ccccn12)N1CCCCC1CCO. The average molecular weight is 334 g/mol.